The van der Waals surface area contributed by atoms with Gasteiger partial charge in [-0.2, -0.15) is 0 Å². The third-order valence-electron chi connectivity index (χ3n) is 6.47. The summed E-state index contributed by atoms with van der Waals surface area (Å²) in [5.41, 5.74) is 2.98. The number of benzene rings is 2. The van der Waals surface area contributed by atoms with Crippen molar-refractivity contribution in [3.05, 3.63) is 71.3 Å². The molecule has 2 saturated heterocycles. The van der Waals surface area contributed by atoms with E-state index in [1.807, 2.05) is 23.1 Å². The monoisotopic (exact) mass is 414 g/mol. The molecule has 1 N–H and O–H groups in total. The van der Waals surface area contributed by atoms with Crippen molar-refractivity contribution in [2.75, 3.05) is 33.3 Å². The number of nitrogens with one attached hydrogen (secondary N) is 1. The van der Waals surface area contributed by atoms with Gasteiger partial charge < -0.3 is 15.0 Å². The maximum Gasteiger partial charge on any atom is 0.254 e. The zero-order valence-corrected chi connectivity index (χ0v) is 17.9. The molecule has 2 aliphatic rings. The molecular formula is C24H31ClN2O2. The van der Waals surface area contributed by atoms with Gasteiger partial charge in [-0.3, -0.25) is 4.79 Å². The minimum atomic E-state index is -0.285. The van der Waals surface area contributed by atoms with Gasteiger partial charge in [-0.15, -0.1) is 12.4 Å². The number of hydrogen-bond donors (Lipinski definition) is 1. The van der Waals surface area contributed by atoms with Crippen LogP contribution in [0, 0.1) is 5.92 Å². The lowest BCUT2D eigenvalue weighted by atomic mass is 9.84. The van der Waals surface area contributed by atoms with Crippen molar-refractivity contribution in [1.29, 1.82) is 0 Å². The lowest BCUT2D eigenvalue weighted by Gasteiger charge is -2.41. The van der Waals surface area contributed by atoms with E-state index in [-0.39, 0.29) is 23.9 Å². The molecule has 0 radical (unpaired) electrons. The number of hydrogen-bond acceptors (Lipinski definition) is 3. The van der Waals surface area contributed by atoms with Crippen molar-refractivity contribution in [2.24, 2.45) is 5.92 Å². The average molecular weight is 415 g/mol. The van der Waals surface area contributed by atoms with Crippen LogP contribution in [0.15, 0.2) is 54.6 Å². The first kappa shape index (κ1) is 21.8. The molecule has 4 nitrogen and oxygen atoms in total. The summed E-state index contributed by atoms with van der Waals surface area (Å²) >= 11 is 0. The molecule has 156 valence electrons. The summed E-state index contributed by atoms with van der Waals surface area (Å²) in [4.78, 5) is 15.3. The van der Waals surface area contributed by atoms with Gasteiger partial charge in [-0.05, 0) is 61.9 Å². The van der Waals surface area contributed by atoms with E-state index in [2.05, 4.69) is 41.7 Å². The van der Waals surface area contributed by atoms with Crippen LogP contribution < -0.4 is 5.32 Å². The zero-order valence-electron chi connectivity index (χ0n) is 17.1. The Balaban J connectivity index is 0.00000240. The minimum Gasteiger partial charge on any atom is -0.373 e. The fourth-order valence-electron chi connectivity index (χ4n) is 4.70. The first-order valence-electron chi connectivity index (χ1n) is 10.4. The highest BCUT2D eigenvalue weighted by Crippen LogP contribution is 2.36. The van der Waals surface area contributed by atoms with Gasteiger partial charge in [0.05, 0.1) is 5.60 Å². The van der Waals surface area contributed by atoms with E-state index in [4.69, 9.17) is 4.74 Å². The van der Waals surface area contributed by atoms with Crippen LogP contribution in [0.3, 0.4) is 0 Å². The second kappa shape index (κ2) is 9.75. The van der Waals surface area contributed by atoms with Crippen molar-refractivity contribution in [3.8, 4) is 0 Å². The van der Waals surface area contributed by atoms with E-state index in [1.54, 1.807) is 7.11 Å². The predicted molar refractivity (Wildman–Crippen MR) is 119 cm³/mol. The Morgan fingerprint density at radius 3 is 2.45 bits per heavy atom. The van der Waals surface area contributed by atoms with Gasteiger partial charge in [0.25, 0.3) is 5.91 Å². The van der Waals surface area contributed by atoms with Gasteiger partial charge in [0, 0.05) is 25.8 Å². The molecule has 4 rings (SSSR count). The number of halogens is 1. The van der Waals surface area contributed by atoms with E-state index in [9.17, 15) is 4.79 Å². The van der Waals surface area contributed by atoms with E-state index >= 15 is 0 Å². The molecular weight excluding hydrogens is 384 g/mol. The minimum absolute atomic E-state index is 0. The second-order valence-corrected chi connectivity index (χ2v) is 8.08. The molecule has 0 spiro atoms. The fraction of sp³-hybridized carbons (Fsp3) is 0.458. The number of ether oxygens (including phenoxy) is 1. The van der Waals surface area contributed by atoms with Crippen LogP contribution in [0.2, 0.25) is 0 Å². The molecule has 1 amide bonds. The van der Waals surface area contributed by atoms with Crippen LogP contribution in [0.4, 0.5) is 0 Å². The van der Waals surface area contributed by atoms with Crippen LogP contribution >= 0.6 is 12.4 Å². The second-order valence-electron chi connectivity index (χ2n) is 8.08. The number of methoxy groups -OCH3 is 1. The number of rotatable bonds is 5. The Hall–Kier alpha value is -1.88. The summed E-state index contributed by atoms with van der Waals surface area (Å²) in [6, 6.07) is 18.6. The van der Waals surface area contributed by atoms with Gasteiger partial charge in [0.2, 0.25) is 0 Å². The smallest absolute Gasteiger partial charge is 0.254 e. The predicted octanol–water partition coefficient (Wildman–Crippen LogP) is 4.04. The van der Waals surface area contributed by atoms with Gasteiger partial charge in [-0.1, -0.05) is 48.5 Å². The molecule has 2 heterocycles. The summed E-state index contributed by atoms with van der Waals surface area (Å²) in [5.74, 6) is 0.800. The van der Waals surface area contributed by atoms with Crippen LogP contribution in [0.5, 0.6) is 0 Å². The Morgan fingerprint density at radius 2 is 1.79 bits per heavy atom. The van der Waals surface area contributed by atoms with Crippen molar-refractivity contribution >= 4 is 18.3 Å². The molecule has 5 heteroatoms. The molecule has 0 aromatic heterocycles. The number of carbonyl (C=O) groups is 1. The largest absolute Gasteiger partial charge is 0.373 e. The number of likely N-dealkylation sites (tertiary alicyclic amines) is 1. The Kier molecular flexibility index (Phi) is 7.33. The fourth-order valence-corrected chi connectivity index (χ4v) is 4.70. The summed E-state index contributed by atoms with van der Waals surface area (Å²) in [5, 5.41) is 3.43. The maximum atomic E-state index is 13.3. The maximum absolute atomic E-state index is 13.3. The van der Waals surface area contributed by atoms with Gasteiger partial charge in [0.1, 0.15) is 0 Å². The van der Waals surface area contributed by atoms with Crippen molar-refractivity contribution in [3.63, 3.8) is 0 Å². The summed E-state index contributed by atoms with van der Waals surface area (Å²) in [7, 11) is 1.79. The third-order valence-corrected chi connectivity index (χ3v) is 6.47. The SMILES string of the molecule is COC1(c2ccccc2)CCN(C(=O)c2ccccc2CC2CCNC2)CC1.Cl. The first-order chi connectivity index (χ1) is 13.7. The highest BCUT2D eigenvalue weighted by atomic mass is 35.5. The molecule has 2 aromatic carbocycles. The van der Waals surface area contributed by atoms with E-state index in [0.717, 1.165) is 51.0 Å². The highest BCUT2D eigenvalue weighted by molar-refractivity contribution is 5.95. The number of nitrogens with zero attached hydrogens (tertiary/aromatic N) is 1. The third kappa shape index (κ3) is 4.66. The van der Waals surface area contributed by atoms with Crippen LogP contribution in [-0.2, 0) is 16.8 Å². The van der Waals surface area contributed by atoms with E-state index in [1.165, 1.54) is 17.5 Å². The Morgan fingerprint density at radius 1 is 1.10 bits per heavy atom. The molecule has 0 saturated carbocycles. The van der Waals surface area contributed by atoms with Crippen LogP contribution in [-0.4, -0.2) is 44.1 Å². The van der Waals surface area contributed by atoms with Gasteiger partial charge >= 0.3 is 0 Å². The van der Waals surface area contributed by atoms with Crippen molar-refractivity contribution in [2.45, 2.75) is 31.3 Å². The van der Waals surface area contributed by atoms with Crippen molar-refractivity contribution in [1.82, 2.24) is 10.2 Å². The average Bonchev–Trinajstić information content (AvgIpc) is 3.27. The number of carbonyl (C=O) groups excluding carboxylic acids is 1. The van der Waals surface area contributed by atoms with Crippen LogP contribution in [0.25, 0.3) is 0 Å². The molecule has 0 bridgehead atoms. The summed E-state index contributed by atoms with van der Waals surface area (Å²) < 4.78 is 5.97. The van der Waals surface area contributed by atoms with E-state index < -0.39 is 0 Å². The molecule has 29 heavy (non-hydrogen) atoms. The molecule has 2 fully saturated rings. The highest BCUT2D eigenvalue weighted by Gasteiger charge is 2.38. The van der Waals surface area contributed by atoms with Crippen LogP contribution in [0.1, 0.15) is 40.7 Å². The standard InChI is InChI=1S/C24H30N2O2.ClH/c1-28-24(21-8-3-2-4-9-21)12-15-26(16-13-24)23(27)22-10-6-5-7-20(22)17-19-11-14-25-18-19;/h2-10,19,25H,11-18H2,1H3;1H. The molecule has 1 atom stereocenters. The normalized spacial score (nSPS) is 20.9. The Bertz CT molecular complexity index is 798. The molecule has 2 aliphatic heterocycles. The summed E-state index contributed by atoms with van der Waals surface area (Å²) in [6.45, 7) is 3.59. The molecule has 1 unspecified atom stereocenters. The van der Waals surface area contributed by atoms with E-state index in [0.29, 0.717) is 5.92 Å². The quantitative estimate of drug-likeness (QED) is 0.802. The molecule has 2 aromatic rings. The van der Waals surface area contributed by atoms with Gasteiger partial charge in [0.15, 0.2) is 0 Å². The first-order valence-corrected chi connectivity index (χ1v) is 10.4. The number of amides is 1. The molecule has 0 aliphatic carbocycles. The lowest BCUT2D eigenvalue weighted by Crippen LogP contribution is -2.46. The van der Waals surface area contributed by atoms with Crippen molar-refractivity contribution < 1.29 is 9.53 Å². The Labute approximate surface area is 180 Å². The topological polar surface area (TPSA) is 41.6 Å². The van der Waals surface area contributed by atoms with Gasteiger partial charge in [-0.25, -0.2) is 0 Å². The zero-order chi connectivity index (χ0) is 19.4. The lowest BCUT2D eigenvalue weighted by molar-refractivity contribution is -0.0574. The number of piperidine rings is 1. The summed E-state index contributed by atoms with van der Waals surface area (Å²) in [6.07, 6.45) is 3.83.